The van der Waals surface area contributed by atoms with Gasteiger partial charge < -0.3 is 0 Å². The Balaban J connectivity index is 1.15. The van der Waals surface area contributed by atoms with E-state index >= 15 is 0 Å². The van der Waals surface area contributed by atoms with Gasteiger partial charge in [0.2, 0.25) is 0 Å². The van der Waals surface area contributed by atoms with E-state index in [0.717, 1.165) is 40.1 Å². The number of aromatic nitrogens is 5. The lowest BCUT2D eigenvalue weighted by Crippen LogP contribution is -1.99. The number of thiophene rings is 1. The zero-order chi connectivity index (χ0) is 29.0. The number of benzene rings is 5. The van der Waals surface area contributed by atoms with E-state index in [1.807, 2.05) is 60.7 Å². The summed E-state index contributed by atoms with van der Waals surface area (Å²) in [5.74, 6) is 1.99. The van der Waals surface area contributed by atoms with Crippen molar-refractivity contribution >= 4 is 31.5 Å². The molecule has 6 heteroatoms. The van der Waals surface area contributed by atoms with Crippen molar-refractivity contribution in [3.05, 3.63) is 139 Å². The van der Waals surface area contributed by atoms with Crippen LogP contribution in [0.2, 0.25) is 0 Å². The van der Waals surface area contributed by atoms with Gasteiger partial charge in [0.05, 0.1) is 11.4 Å². The summed E-state index contributed by atoms with van der Waals surface area (Å²) in [4.78, 5) is 24.1. The molecule has 5 nitrogen and oxygen atoms in total. The molecule has 44 heavy (non-hydrogen) atoms. The first-order valence-corrected chi connectivity index (χ1v) is 15.4. The number of fused-ring (bicyclic) bond motifs is 6. The van der Waals surface area contributed by atoms with Gasteiger partial charge >= 0.3 is 0 Å². The summed E-state index contributed by atoms with van der Waals surface area (Å²) in [6.45, 7) is 0. The first-order valence-electron chi connectivity index (χ1n) is 14.5. The highest BCUT2D eigenvalue weighted by Crippen LogP contribution is 2.42. The molecule has 0 spiro atoms. The van der Waals surface area contributed by atoms with Gasteiger partial charge in [0.15, 0.2) is 17.5 Å². The van der Waals surface area contributed by atoms with Crippen LogP contribution in [0.25, 0.3) is 76.9 Å². The molecule has 0 fully saturated rings. The van der Waals surface area contributed by atoms with Crippen molar-refractivity contribution in [2.24, 2.45) is 0 Å². The summed E-state index contributed by atoms with van der Waals surface area (Å²) in [5.41, 5.74) is 9.79. The molecule has 1 aliphatic carbocycles. The van der Waals surface area contributed by atoms with E-state index in [9.17, 15) is 0 Å². The summed E-state index contributed by atoms with van der Waals surface area (Å²) in [7, 11) is 0. The van der Waals surface area contributed by atoms with Gasteiger partial charge in [-0.15, -0.1) is 11.3 Å². The van der Waals surface area contributed by atoms with Crippen molar-refractivity contribution < 1.29 is 0 Å². The van der Waals surface area contributed by atoms with Crippen molar-refractivity contribution in [1.29, 1.82) is 0 Å². The Kier molecular flexibility index (Phi) is 5.67. The van der Waals surface area contributed by atoms with Crippen LogP contribution >= 0.6 is 11.3 Å². The highest BCUT2D eigenvalue weighted by Gasteiger charge is 2.24. The molecule has 0 aliphatic heterocycles. The van der Waals surface area contributed by atoms with Gasteiger partial charge in [0.25, 0.3) is 0 Å². The predicted molar refractivity (Wildman–Crippen MR) is 178 cm³/mol. The number of nitrogens with zero attached hydrogens (tertiary/aromatic N) is 5. The second-order valence-corrected chi connectivity index (χ2v) is 12.0. The molecular formula is C38H23N5S. The van der Waals surface area contributed by atoms with Crippen molar-refractivity contribution in [2.75, 3.05) is 0 Å². The van der Waals surface area contributed by atoms with E-state index in [1.165, 1.54) is 36.9 Å². The molecule has 0 amide bonds. The van der Waals surface area contributed by atoms with Crippen LogP contribution in [0.4, 0.5) is 0 Å². The maximum absolute atomic E-state index is 4.93. The number of hydrogen-bond donors (Lipinski definition) is 0. The van der Waals surface area contributed by atoms with Crippen molar-refractivity contribution in [3.63, 3.8) is 0 Å². The third-order valence-electron chi connectivity index (χ3n) is 8.29. The van der Waals surface area contributed by atoms with E-state index in [-0.39, 0.29) is 0 Å². The summed E-state index contributed by atoms with van der Waals surface area (Å²) >= 11 is 1.79. The third-order valence-corrected chi connectivity index (χ3v) is 9.40. The molecule has 0 N–H and O–H groups in total. The highest BCUT2D eigenvalue weighted by molar-refractivity contribution is 7.25. The van der Waals surface area contributed by atoms with Crippen molar-refractivity contribution in [1.82, 2.24) is 24.9 Å². The van der Waals surface area contributed by atoms with E-state index in [2.05, 4.69) is 65.6 Å². The second kappa shape index (κ2) is 10.0. The Bertz CT molecular complexity index is 2310. The topological polar surface area (TPSA) is 64.5 Å². The largest absolute Gasteiger partial charge is 0.236 e. The van der Waals surface area contributed by atoms with Crippen molar-refractivity contribution in [2.45, 2.75) is 6.42 Å². The van der Waals surface area contributed by atoms with Gasteiger partial charge in [-0.1, -0.05) is 109 Å². The molecular weight excluding hydrogens is 559 g/mol. The zero-order valence-corrected chi connectivity index (χ0v) is 24.3. The number of hydrogen-bond acceptors (Lipinski definition) is 6. The lowest BCUT2D eigenvalue weighted by molar-refractivity contribution is 1.07. The van der Waals surface area contributed by atoms with Crippen LogP contribution in [0.5, 0.6) is 0 Å². The summed E-state index contributed by atoms with van der Waals surface area (Å²) < 4.78 is 2.42. The fourth-order valence-electron chi connectivity index (χ4n) is 6.16. The normalized spacial score (nSPS) is 12.0. The maximum Gasteiger partial charge on any atom is 0.164 e. The Hall–Kier alpha value is -5.59. The van der Waals surface area contributed by atoms with E-state index in [4.69, 9.17) is 19.9 Å². The van der Waals surface area contributed by atoms with Crippen LogP contribution < -0.4 is 0 Å². The number of rotatable bonds is 4. The molecule has 0 atom stereocenters. The summed E-state index contributed by atoms with van der Waals surface area (Å²) in [6, 6.07) is 41.9. The van der Waals surface area contributed by atoms with Gasteiger partial charge in [-0.2, -0.15) is 0 Å². The molecule has 0 bridgehead atoms. The summed E-state index contributed by atoms with van der Waals surface area (Å²) in [6.07, 6.45) is 2.55. The minimum atomic E-state index is 0.661. The van der Waals surface area contributed by atoms with Crippen molar-refractivity contribution in [3.8, 4) is 56.7 Å². The average molecular weight is 582 g/mol. The Morgan fingerprint density at radius 2 is 1.02 bits per heavy atom. The van der Waals surface area contributed by atoms with Crippen LogP contribution in [-0.4, -0.2) is 24.9 Å². The van der Waals surface area contributed by atoms with E-state index in [1.54, 1.807) is 17.7 Å². The highest BCUT2D eigenvalue weighted by atomic mass is 32.1. The Morgan fingerprint density at radius 3 is 1.70 bits per heavy atom. The second-order valence-electron chi connectivity index (χ2n) is 10.9. The van der Waals surface area contributed by atoms with E-state index in [0.29, 0.717) is 17.5 Å². The molecule has 1 aliphatic rings. The SMILES string of the molecule is c1ccc(-c2nc(-c3ccccc3)nc(-c3ccc4c(c3)sc3cc(-c5ncnc6c5Cc5ccccc5-6)ccc34)n2)cc1. The van der Waals surface area contributed by atoms with Gasteiger partial charge in [-0.05, 0) is 17.7 Å². The van der Waals surface area contributed by atoms with Crippen LogP contribution in [0.3, 0.4) is 0 Å². The Morgan fingerprint density at radius 1 is 0.477 bits per heavy atom. The average Bonchev–Trinajstić information content (AvgIpc) is 3.66. The van der Waals surface area contributed by atoms with Gasteiger partial charge in [-0.25, -0.2) is 24.9 Å². The zero-order valence-electron chi connectivity index (χ0n) is 23.5. The van der Waals surface area contributed by atoms with Gasteiger partial charge in [0.1, 0.15) is 6.33 Å². The fraction of sp³-hybridized carbons (Fsp3) is 0.0263. The molecule has 8 aromatic rings. The molecule has 5 aromatic carbocycles. The molecule has 206 valence electrons. The Labute approximate surface area is 257 Å². The fourth-order valence-corrected chi connectivity index (χ4v) is 7.34. The van der Waals surface area contributed by atoms with Gasteiger partial charge in [0, 0.05) is 60.0 Å². The van der Waals surface area contributed by atoms with Crippen LogP contribution in [-0.2, 0) is 6.42 Å². The lowest BCUT2D eigenvalue weighted by Gasteiger charge is -2.08. The van der Waals surface area contributed by atoms with E-state index < -0.39 is 0 Å². The lowest BCUT2D eigenvalue weighted by atomic mass is 10.0. The van der Waals surface area contributed by atoms with Gasteiger partial charge in [-0.3, -0.25) is 0 Å². The standard InChI is InChI=1S/C38H23N5S/c1-3-9-23(10-4-1)36-41-37(24-11-5-2-6-12-24)43-38(42-36)27-16-18-30-29-17-15-26(20-32(29)44-33(30)21-27)34-31-19-25-13-7-8-14-28(25)35(31)40-22-39-34/h1-18,20-22H,19H2. The summed E-state index contributed by atoms with van der Waals surface area (Å²) in [5, 5.41) is 2.46. The maximum atomic E-state index is 4.93. The van der Waals surface area contributed by atoms with Crippen LogP contribution in [0, 0.1) is 0 Å². The first kappa shape index (κ1) is 25.0. The van der Waals surface area contributed by atoms with Crippen LogP contribution in [0.15, 0.2) is 128 Å². The predicted octanol–water partition coefficient (Wildman–Crippen LogP) is 9.27. The molecule has 0 saturated carbocycles. The molecule has 3 heterocycles. The smallest absolute Gasteiger partial charge is 0.164 e. The quantitative estimate of drug-likeness (QED) is 0.207. The molecule has 0 saturated heterocycles. The van der Waals surface area contributed by atoms with Crippen LogP contribution in [0.1, 0.15) is 11.1 Å². The minimum absolute atomic E-state index is 0.661. The monoisotopic (exact) mass is 581 g/mol. The first-order chi connectivity index (χ1) is 21.8. The third kappa shape index (κ3) is 4.11. The minimum Gasteiger partial charge on any atom is -0.236 e. The molecule has 0 unspecified atom stereocenters. The molecule has 0 radical (unpaired) electrons. The molecule has 3 aromatic heterocycles. The molecule has 9 rings (SSSR count).